The molecule has 1 saturated carbocycles. The highest BCUT2D eigenvalue weighted by Crippen LogP contribution is 2.27. The molecular formula is C13H22N2OS. The molecule has 1 rings (SSSR count). The van der Waals surface area contributed by atoms with Crippen LogP contribution in [0.5, 0.6) is 0 Å². The van der Waals surface area contributed by atoms with Gasteiger partial charge < -0.3 is 5.32 Å². The van der Waals surface area contributed by atoms with Crippen LogP contribution in [-0.2, 0) is 4.79 Å². The predicted molar refractivity (Wildman–Crippen MR) is 71.7 cm³/mol. The molecule has 0 aromatic rings. The summed E-state index contributed by atoms with van der Waals surface area (Å²) in [7, 11) is 0. The summed E-state index contributed by atoms with van der Waals surface area (Å²) in [6.07, 6.45) is 8.06. The zero-order chi connectivity index (χ0) is 12.7. The van der Waals surface area contributed by atoms with Crippen molar-refractivity contribution >= 4 is 17.7 Å². The van der Waals surface area contributed by atoms with Gasteiger partial charge in [0.15, 0.2) is 0 Å². The summed E-state index contributed by atoms with van der Waals surface area (Å²) in [6, 6.07) is 2.35. The van der Waals surface area contributed by atoms with Crippen molar-refractivity contribution in [1.82, 2.24) is 5.32 Å². The number of rotatable bonds is 4. The Hall–Kier alpha value is -0.690. The zero-order valence-electron chi connectivity index (χ0n) is 10.8. The van der Waals surface area contributed by atoms with Crippen LogP contribution >= 0.6 is 11.8 Å². The van der Waals surface area contributed by atoms with E-state index >= 15 is 0 Å². The van der Waals surface area contributed by atoms with Gasteiger partial charge in [-0.2, -0.15) is 17.0 Å². The topological polar surface area (TPSA) is 52.9 Å². The van der Waals surface area contributed by atoms with Crippen LogP contribution in [0, 0.1) is 17.2 Å². The molecule has 0 bridgehead atoms. The summed E-state index contributed by atoms with van der Waals surface area (Å²) in [5.74, 6) is 0.828. The number of carbonyl (C=O) groups excluding carboxylic acids is 1. The first-order chi connectivity index (χ1) is 8.13. The minimum Gasteiger partial charge on any atom is -0.338 e. The Labute approximate surface area is 108 Å². The van der Waals surface area contributed by atoms with E-state index in [1.54, 1.807) is 11.8 Å². The zero-order valence-corrected chi connectivity index (χ0v) is 11.6. The molecule has 1 aliphatic carbocycles. The normalized spacial score (nSPS) is 21.0. The molecule has 0 spiro atoms. The predicted octanol–water partition coefficient (Wildman–Crippen LogP) is 2.72. The largest absolute Gasteiger partial charge is 0.338 e. The quantitative estimate of drug-likeness (QED) is 0.785. The molecule has 4 heteroatoms. The van der Waals surface area contributed by atoms with Gasteiger partial charge >= 0.3 is 0 Å². The molecule has 0 aromatic heterocycles. The molecule has 0 aromatic carbocycles. The van der Waals surface area contributed by atoms with E-state index < -0.39 is 5.54 Å². The van der Waals surface area contributed by atoms with E-state index in [9.17, 15) is 10.1 Å². The Morgan fingerprint density at radius 3 is 2.47 bits per heavy atom. The van der Waals surface area contributed by atoms with Crippen LogP contribution in [0.4, 0.5) is 0 Å². The second kappa shape index (κ2) is 6.90. The van der Waals surface area contributed by atoms with Crippen molar-refractivity contribution < 1.29 is 4.79 Å². The van der Waals surface area contributed by atoms with E-state index in [2.05, 4.69) is 11.4 Å². The lowest BCUT2D eigenvalue weighted by Gasteiger charge is -2.27. The molecule has 1 fully saturated rings. The second-order valence-electron chi connectivity index (χ2n) is 4.95. The number of nitriles is 1. The van der Waals surface area contributed by atoms with E-state index in [4.69, 9.17) is 0 Å². The summed E-state index contributed by atoms with van der Waals surface area (Å²) < 4.78 is 0. The fourth-order valence-corrected chi connectivity index (χ4v) is 2.93. The van der Waals surface area contributed by atoms with Crippen LogP contribution in [0.2, 0.25) is 0 Å². The van der Waals surface area contributed by atoms with Crippen molar-refractivity contribution in [3.63, 3.8) is 0 Å². The van der Waals surface area contributed by atoms with Crippen LogP contribution in [-0.4, -0.2) is 23.5 Å². The summed E-state index contributed by atoms with van der Waals surface area (Å²) >= 11 is 1.67. The van der Waals surface area contributed by atoms with Crippen LogP contribution in [0.3, 0.4) is 0 Å². The van der Waals surface area contributed by atoms with Crippen molar-refractivity contribution in [2.24, 2.45) is 5.92 Å². The molecule has 3 nitrogen and oxygen atoms in total. The number of nitrogens with zero attached hydrogens (tertiary/aromatic N) is 1. The molecule has 1 aliphatic rings. The van der Waals surface area contributed by atoms with Crippen LogP contribution in [0.1, 0.15) is 45.4 Å². The van der Waals surface area contributed by atoms with Gasteiger partial charge in [-0.3, -0.25) is 4.79 Å². The average Bonchev–Trinajstić information content (AvgIpc) is 2.55. The lowest BCUT2D eigenvalue weighted by atomic mass is 9.91. The van der Waals surface area contributed by atoms with Gasteiger partial charge in [-0.25, -0.2) is 0 Å². The fraction of sp³-hybridized carbons (Fsp3) is 0.846. The molecule has 96 valence electrons. The third-order valence-electron chi connectivity index (χ3n) is 3.40. The molecular weight excluding hydrogens is 232 g/mol. The molecule has 1 unspecified atom stereocenters. The first-order valence-corrected chi connectivity index (χ1v) is 7.75. The summed E-state index contributed by atoms with van der Waals surface area (Å²) in [4.78, 5) is 12.0. The van der Waals surface area contributed by atoms with E-state index in [0.717, 1.165) is 31.4 Å². The van der Waals surface area contributed by atoms with Gasteiger partial charge in [-0.1, -0.05) is 32.6 Å². The first kappa shape index (κ1) is 14.4. The van der Waals surface area contributed by atoms with Crippen LogP contribution in [0.15, 0.2) is 0 Å². The SMILES string of the molecule is CSCC(C)C(=O)NC1(C#N)CCCCCC1. The van der Waals surface area contributed by atoms with Gasteiger partial charge in [0, 0.05) is 11.7 Å². The van der Waals surface area contributed by atoms with E-state index in [1.165, 1.54) is 12.8 Å². The summed E-state index contributed by atoms with van der Waals surface area (Å²) in [6.45, 7) is 1.92. The fourth-order valence-electron chi connectivity index (χ4n) is 2.28. The van der Waals surface area contributed by atoms with Gasteiger partial charge in [0.25, 0.3) is 0 Å². The minimum absolute atomic E-state index is 0.0153. The average molecular weight is 254 g/mol. The maximum absolute atomic E-state index is 12.0. The number of amides is 1. The van der Waals surface area contributed by atoms with Crippen molar-refractivity contribution in [2.45, 2.75) is 51.0 Å². The molecule has 17 heavy (non-hydrogen) atoms. The first-order valence-electron chi connectivity index (χ1n) is 6.36. The Bertz CT molecular complexity index is 290. The van der Waals surface area contributed by atoms with Crippen molar-refractivity contribution in [2.75, 3.05) is 12.0 Å². The molecule has 0 aliphatic heterocycles. The standard InChI is InChI=1S/C13H22N2OS/c1-11(9-17-2)12(16)15-13(10-14)7-5-3-4-6-8-13/h11H,3-9H2,1-2H3,(H,15,16). The van der Waals surface area contributed by atoms with Crippen LogP contribution < -0.4 is 5.32 Å². The maximum atomic E-state index is 12.0. The minimum atomic E-state index is -0.597. The van der Waals surface area contributed by atoms with Crippen LogP contribution in [0.25, 0.3) is 0 Å². The van der Waals surface area contributed by atoms with E-state index in [0.29, 0.717) is 0 Å². The molecule has 0 saturated heterocycles. The molecule has 0 radical (unpaired) electrons. The third kappa shape index (κ3) is 4.23. The Morgan fingerprint density at radius 2 is 2.00 bits per heavy atom. The lowest BCUT2D eigenvalue weighted by molar-refractivity contribution is -0.125. The molecule has 0 heterocycles. The van der Waals surface area contributed by atoms with Gasteiger partial charge in [0.2, 0.25) is 5.91 Å². The Morgan fingerprint density at radius 1 is 1.41 bits per heavy atom. The smallest absolute Gasteiger partial charge is 0.224 e. The van der Waals surface area contributed by atoms with Crippen molar-refractivity contribution in [3.8, 4) is 6.07 Å². The maximum Gasteiger partial charge on any atom is 0.224 e. The lowest BCUT2D eigenvalue weighted by Crippen LogP contribution is -2.49. The number of hydrogen-bond acceptors (Lipinski definition) is 3. The van der Waals surface area contributed by atoms with Gasteiger partial charge in [0.05, 0.1) is 6.07 Å². The molecule has 1 N–H and O–H groups in total. The van der Waals surface area contributed by atoms with Gasteiger partial charge in [-0.15, -0.1) is 0 Å². The summed E-state index contributed by atoms with van der Waals surface area (Å²) in [5, 5.41) is 12.4. The summed E-state index contributed by atoms with van der Waals surface area (Å²) in [5.41, 5.74) is -0.597. The Balaban J connectivity index is 2.61. The molecule has 1 atom stereocenters. The number of carbonyl (C=O) groups is 1. The number of hydrogen-bond donors (Lipinski definition) is 1. The number of thioether (sulfide) groups is 1. The number of nitrogens with one attached hydrogen (secondary N) is 1. The highest BCUT2D eigenvalue weighted by Gasteiger charge is 2.33. The highest BCUT2D eigenvalue weighted by atomic mass is 32.2. The van der Waals surface area contributed by atoms with Crippen molar-refractivity contribution in [1.29, 1.82) is 5.26 Å². The highest BCUT2D eigenvalue weighted by molar-refractivity contribution is 7.98. The van der Waals surface area contributed by atoms with E-state index in [1.807, 2.05) is 13.2 Å². The van der Waals surface area contributed by atoms with Gasteiger partial charge in [-0.05, 0) is 19.1 Å². The third-order valence-corrected chi connectivity index (χ3v) is 4.23. The van der Waals surface area contributed by atoms with Crippen molar-refractivity contribution in [3.05, 3.63) is 0 Å². The molecule has 1 amide bonds. The van der Waals surface area contributed by atoms with E-state index in [-0.39, 0.29) is 11.8 Å². The van der Waals surface area contributed by atoms with Gasteiger partial charge in [0.1, 0.15) is 5.54 Å². The second-order valence-corrected chi connectivity index (χ2v) is 5.86. The Kier molecular flexibility index (Phi) is 5.84. The monoisotopic (exact) mass is 254 g/mol.